The van der Waals surface area contributed by atoms with Gasteiger partial charge in [0.1, 0.15) is 5.52 Å². The average molecular weight is 344 g/mol. The van der Waals surface area contributed by atoms with Crippen molar-refractivity contribution in [1.82, 2.24) is 9.88 Å². The summed E-state index contributed by atoms with van der Waals surface area (Å²) in [6, 6.07) is 5.77. The molecule has 1 saturated carbocycles. The third kappa shape index (κ3) is 4.21. The number of rotatable bonds is 7. The maximum atomic E-state index is 12.9. The lowest BCUT2D eigenvalue weighted by Crippen LogP contribution is -2.40. The quantitative estimate of drug-likeness (QED) is 0.698. The Hall–Kier alpha value is -1.88. The number of aromatic nitrogens is 1. The molecule has 0 saturated heterocycles. The van der Waals surface area contributed by atoms with E-state index < -0.39 is 0 Å². The number of para-hydroxylation sites is 1. The molecular formula is C20H28N2O3. The van der Waals surface area contributed by atoms with Crippen LogP contribution in [0.15, 0.2) is 29.0 Å². The van der Waals surface area contributed by atoms with Gasteiger partial charge in [-0.1, -0.05) is 25.8 Å². The number of amides is 1. The number of ether oxygens (including phenoxy) is 1. The Morgan fingerprint density at radius 3 is 2.84 bits per heavy atom. The highest BCUT2D eigenvalue weighted by Gasteiger charge is 2.28. The van der Waals surface area contributed by atoms with Crippen molar-refractivity contribution in [3.63, 3.8) is 0 Å². The summed E-state index contributed by atoms with van der Waals surface area (Å²) in [5.74, 6) is 0.0202. The van der Waals surface area contributed by atoms with Crippen molar-refractivity contribution in [2.45, 2.75) is 64.0 Å². The molecule has 1 aliphatic rings. The van der Waals surface area contributed by atoms with Gasteiger partial charge in [-0.15, -0.1) is 0 Å². The molecule has 1 aromatic carbocycles. The topological polar surface area (TPSA) is 55.6 Å². The average Bonchev–Trinajstić information content (AvgIpc) is 3.13. The lowest BCUT2D eigenvalue weighted by atomic mass is 9.91. The molecule has 5 heteroatoms. The van der Waals surface area contributed by atoms with Gasteiger partial charge < -0.3 is 14.1 Å². The summed E-state index contributed by atoms with van der Waals surface area (Å²) in [6.07, 6.45) is 9.41. The number of benzene rings is 1. The third-order valence-corrected chi connectivity index (χ3v) is 5.20. The van der Waals surface area contributed by atoms with Crippen molar-refractivity contribution in [3.8, 4) is 0 Å². The van der Waals surface area contributed by atoms with Gasteiger partial charge >= 0.3 is 0 Å². The minimum atomic E-state index is 0.0202. The Bertz CT molecular complexity index is 689. The van der Waals surface area contributed by atoms with Crippen LogP contribution >= 0.6 is 0 Å². The number of unbranched alkanes of at least 4 members (excludes halogenated alkanes) is 2. The van der Waals surface area contributed by atoms with E-state index in [1.807, 2.05) is 30.1 Å². The van der Waals surface area contributed by atoms with Crippen molar-refractivity contribution in [2.75, 3.05) is 13.7 Å². The summed E-state index contributed by atoms with van der Waals surface area (Å²) in [5, 5.41) is 0. The maximum Gasteiger partial charge on any atom is 0.256 e. The van der Waals surface area contributed by atoms with Gasteiger partial charge in [0.05, 0.1) is 11.7 Å². The number of hydrogen-bond donors (Lipinski definition) is 0. The Kier molecular flexibility index (Phi) is 6.08. The second kappa shape index (κ2) is 8.48. The molecule has 1 aliphatic carbocycles. The summed E-state index contributed by atoms with van der Waals surface area (Å²) in [4.78, 5) is 19.0. The molecule has 0 radical (unpaired) electrons. The summed E-state index contributed by atoms with van der Waals surface area (Å²) in [6.45, 7) is 3.07. The smallest absolute Gasteiger partial charge is 0.256 e. The highest BCUT2D eigenvalue weighted by atomic mass is 16.5. The van der Waals surface area contributed by atoms with E-state index in [0.717, 1.165) is 38.7 Å². The van der Waals surface area contributed by atoms with E-state index in [-0.39, 0.29) is 11.9 Å². The predicted molar refractivity (Wildman–Crippen MR) is 97.6 cm³/mol. The van der Waals surface area contributed by atoms with Crippen LogP contribution in [0, 0.1) is 0 Å². The molecule has 1 aromatic heterocycles. The van der Waals surface area contributed by atoms with Crippen LogP contribution in [-0.2, 0) is 4.74 Å². The van der Waals surface area contributed by atoms with Crippen molar-refractivity contribution in [2.24, 2.45) is 0 Å². The van der Waals surface area contributed by atoms with Crippen molar-refractivity contribution < 1.29 is 13.9 Å². The zero-order valence-corrected chi connectivity index (χ0v) is 15.2. The van der Waals surface area contributed by atoms with Crippen LogP contribution < -0.4 is 0 Å². The summed E-state index contributed by atoms with van der Waals surface area (Å²) < 4.78 is 11.3. The second-order valence-electron chi connectivity index (χ2n) is 6.93. The zero-order chi connectivity index (χ0) is 17.6. The molecule has 1 heterocycles. The van der Waals surface area contributed by atoms with E-state index in [2.05, 4.69) is 11.9 Å². The summed E-state index contributed by atoms with van der Waals surface area (Å²) in [5.41, 5.74) is 1.92. The third-order valence-electron chi connectivity index (χ3n) is 5.20. The fourth-order valence-electron chi connectivity index (χ4n) is 3.62. The first-order chi connectivity index (χ1) is 12.2. The predicted octanol–water partition coefficient (Wildman–Crippen LogP) is 4.42. The van der Waals surface area contributed by atoms with Crippen LogP contribution in [0.4, 0.5) is 0 Å². The second-order valence-corrected chi connectivity index (χ2v) is 6.93. The van der Waals surface area contributed by atoms with Gasteiger partial charge in [-0.25, -0.2) is 4.98 Å². The number of fused-ring (bicyclic) bond motifs is 1. The zero-order valence-electron chi connectivity index (χ0n) is 15.2. The molecule has 2 aromatic rings. The van der Waals surface area contributed by atoms with Gasteiger partial charge in [-0.2, -0.15) is 0 Å². The van der Waals surface area contributed by atoms with Gasteiger partial charge in [0.15, 0.2) is 12.0 Å². The number of carbonyl (C=O) groups is 1. The molecule has 0 unspecified atom stereocenters. The van der Waals surface area contributed by atoms with E-state index in [1.165, 1.54) is 19.2 Å². The Balaban J connectivity index is 1.55. The van der Waals surface area contributed by atoms with Crippen molar-refractivity contribution in [3.05, 3.63) is 30.2 Å². The molecule has 25 heavy (non-hydrogen) atoms. The number of hydrogen-bond acceptors (Lipinski definition) is 4. The largest absolute Gasteiger partial charge is 0.443 e. The van der Waals surface area contributed by atoms with Crippen LogP contribution in [0.5, 0.6) is 0 Å². The standard InChI is InChI=1S/C20H28N2O3/c1-3-4-5-13-24-16-11-9-15(10-12-16)22(2)20(23)17-7-6-8-18-19(17)21-14-25-18/h6-8,14-16H,3-5,9-13H2,1-2H3. The molecule has 5 nitrogen and oxygen atoms in total. The van der Waals surface area contributed by atoms with E-state index in [4.69, 9.17) is 9.15 Å². The molecule has 3 rings (SSSR count). The molecule has 0 aliphatic heterocycles. The molecule has 136 valence electrons. The molecule has 0 bridgehead atoms. The van der Waals surface area contributed by atoms with Crippen LogP contribution in [0.25, 0.3) is 11.1 Å². The lowest BCUT2D eigenvalue weighted by molar-refractivity contribution is 0.00924. The number of nitrogens with zero attached hydrogens (tertiary/aromatic N) is 2. The van der Waals surface area contributed by atoms with Crippen LogP contribution in [-0.4, -0.2) is 41.6 Å². The molecule has 1 fully saturated rings. The van der Waals surface area contributed by atoms with E-state index in [0.29, 0.717) is 22.8 Å². The van der Waals surface area contributed by atoms with Gasteiger partial charge in [0, 0.05) is 19.7 Å². The van der Waals surface area contributed by atoms with Gasteiger partial charge in [0.25, 0.3) is 5.91 Å². The maximum absolute atomic E-state index is 12.9. The molecule has 1 amide bonds. The first kappa shape index (κ1) is 17.9. The molecule has 0 spiro atoms. The van der Waals surface area contributed by atoms with Crippen molar-refractivity contribution >= 4 is 17.0 Å². The van der Waals surface area contributed by atoms with E-state index >= 15 is 0 Å². The first-order valence-corrected chi connectivity index (χ1v) is 9.41. The minimum absolute atomic E-state index is 0.0202. The van der Waals surface area contributed by atoms with Gasteiger partial charge in [0.2, 0.25) is 0 Å². The van der Waals surface area contributed by atoms with Crippen LogP contribution in [0.2, 0.25) is 0 Å². The highest BCUT2D eigenvalue weighted by molar-refractivity contribution is 6.04. The summed E-state index contributed by atoms with van der Waals surface area (Å²) >= 11 is 0. The van der Waals surface area contributed by atoms with Crippen molar-refractivity contribution in [1.29, 1.82) is 0 Å². The monoisotopic (exact) mass is 344 g/mol. The molecular weight excluding hydrogens is 316 g/mol. The lowest BCUT2D eigenvalue weighted by Gasteiger charge is -2.34. The van der Waals surface area contributed by atoms with Crippen LogP contribution in [0.3, 0.4) is 0 Å². The van der Waals surface area contributed by atoms with E-state index in [9.17, 15) is 4.79 Å². The van der Waals surface area contributed by atoms with Gasteiger partial charge in [-0.3, -0.25) is 4.79 Å². The Labute approximate surface area is 149 Å². The highest BCUT2D eigenvalue weighted by Crippen LogP contribution is 2.27. The fraction of sp³-hybridized carbons (Fsp3) is 0.600. The number of carbonyl (C=O) groups excluding carboxylic acids is 1. The Morgan fingerprint density at radius 2 is 2.08 bits per heavy atom. The minimum Gasteiger partial charge on any atom is -0.443 e. The summed E-state index contributed by atoms with van der Waals surface area (Å²) in [7, 11) is 1.90. The SMILES string of the molecule is CCCCCOC1CCC(N(C)C(=O)c2cccc3ocnc23)CC1. The fourth-order valence-corrected chi connectivity index (χ4v) is 3.62. The van der Waals surface area contributed by atoms with Crippen LogP contribution in [0.1, 0.15) is 62.2 Å². The Morgan fingerprint density at radius 1 is 1.28 bits per heavy atom. The molecule has 0 N–H and O–H groups in total. The van der Waals surface area contributed by atoms with E-state index in [1.54, 1.807) is 0 Å². The normalized spacial score (nSPS) is 20.7. The number of oxazole rings is 1. The van der Waals surface area contributed by atoms with Gasteiger partial charge in [-0.05, 0) is 44.2 Å². The molecule has 0 atom stereocenters. The first-order valence-electron chi connectivity index (χ1n) is 9.41.